The first kappa shape index (κ1) is 24.3. The lowest BCUT2D eigenvalue weighted by Crippen LogP contribution is -2.48. The largest absolute Gasteiger partial charge is 0.378 e. The number of anilines is 1. The zero-order valence-electron chi connectivity index (χ0n) is 18.9. The molecule has 6 nitrogen and oxygen atoms in total. The van der Waals surface area contributed by atoms with E-state index in [0.717, 1.165) is 18.7 Å². The van der Waals surface area contributed by atoms with Gasteiger partial charge in [-0.2, -0.15) is 0 Å². The van der Waals surface area contributed by atoms with Gasteiger partial charge in [0.05, 0.1) is 0 Å². The van der Waals surface area contributed by atoms with Crippen LogP contribution in [0.25, 0.3) is 0 Å². The van der Waals surface area contributed by atoms with Crippen LogP contribution in [0.4, 0.5) is 5.69 Å². The molecular formula is C23H36N4O2S2. The van der Waals surface area contributed by atoms with Crippen molar-refractivity contribution < 1.29 is 9.59 Å². The van der Waals surface area contributed by atoms with Crippen LogP contribution in [0, 0.1) is 5.92 Å². The third-order valence-electron chi connectivity index (χ3n) is 6.08. The first-order chi connectivity index (χ1) is 14.9. The number of nitrogens with one attached hydrogen (secondary N) is 3. The minimum atomic E-state index is -0.547. The fourth-order valence-corrected chi connectivity index (χ4v) is 6.26. The van der Waals surface area contributed by atoms with Crippen LogP contribution < -0.4 is 20.3 Å². The smallest absolute Gasteiger partial charge is 0.252 e. The fourth-order valence-electron chi connectivity index (χ4n) is 4.14. The summed E-state index contributed by atoms with van der Waals surface area (Å²) < 4.78 is 3.05. The number of nitrogens with zero attached hydrogens (tertiary/aromatic N) is 1. The van der Waals surface area contributed by atoms with Gasteiger partial charge < -0.3 is 10.2 Å². The Kier molecular flexibility index (Phi) is 9.41. The lowest BCUT2D eigenvalue weighted by Gasteiger charge is -2.30. The molecule has 8 heteroatoms. The van der Waals surface area contributed by atoms with Gasteiger partial charge in [0.25, 0.3) is 5.91 Å². The van der Waals surface area contributed by atoms with Crippen LogP contribution in [-0.2, 0) is 16.0 Å². The number of carbonyl (C=O) groups excluding carboxylic acids is 2. The molecule has 1 aromatic rings. The van der Waals surface area contributed by atoms with Gasteiger partial charge in [-0.25, -0.2) is 0 Å². The van der Waals surface area contributed by atoms with Crippen LogP contribution in [0.5, 0.6) is 0 Å². The zero-order chi connectivity index (χ0) is 22.2. The molecule has 1 saturated carbocycles. The van der Waals surface area contributed by atoms with Crippen molar-refractivity contribution in [1.82, 2.24) is 15.4 Å². The Morgan fingerprint density at radius 3 is 2.52 bits per heavy atom. The van der Waals surface area contributed by atoms with Gasteiger partial charge in [-0.15, -0.1) is 11.8 Å². The number of amides is 2. The van der Waals surface area contributed by atoms with E-state index in [4.69, 9.17) is 0 Å². The molecule has 1 unspecified atom stereocenters. The van der Waals surface area contributed by atoms with Gasteiger partial charge >= 0.3 is 0 Å². The molecule has 1 saturated heterocycles. The summed E-state index contributed by atoms with van der Waals surface area (Å²) >= 11 is 3.13. The average molecular weight is 465 g/mol. The Bertz CT molecular complexity index is 717. The highest BCUT2D eigenvalue weighted by Gasteiger charge is 2.28. The van der Waals surface area contributed by atoms with Crippen LogP contribution >= 0.6 is 23.7 Å². The van der Waals surface area contributed by atoms with Crippen LogP contribution in [0.1, 0.15) is 44.6 Å². The second-order valence-electron chi connectivity index (χ2n) is 8.72. The van der Waals surface area contributed by atoms with Crippen LogP contribution in [-0.4, -0.2) is 54.9 Å². The summed E-state index contributed by atoms with van der Waals surface area (Å²) in [5, 5.41) is 6.07. The molecule has 31 heavy (non-hydrogen) atoms. The molecule has 1 aliphatic carbocycles. The van der Waals surface area contributed by atoms with Crippen molar-refractivity contribution in [3.8, 4) is 0 Å². The van der Waals surface area contributed by atoms with Crippen molar-refractivity contribution in [3.63, 3.8) is 0 Å². The van der Waals surface area contributed by atoms with Gasteiger partial charge in [-0.05, 0) is 61.7 Å². The fraction of sp³-hybridized carbons (Fsp3) is 0.652. The highest BCUT2D eigenvalue weighted by atomic mass is 32.2. The Hall–Kier alpha value is -1.38. The molecular weight excluding hydrogens is 428 g/mol. The van der Waals surface area contributed by atoms with Gasteiger partial charge in [-0.1, -0.05) is 31.4 Å². The molecule has 3 N–H and O–H groups in total. The van der Waals surface area contributed by atoms with Gasteiger partial charge in [0.15, 0.2) is 0 Å². The molecule has 3 atom stereocenters. The van der Waals surface area contributed by atoms with Crippen molar-refractivity contribution in [2.45, 2.75) is 62.1 Å². The summed E-state index contributed by atoms with van der Waals surface area (Å²) in [6.07, 6.45) is 7.24. The predicted octanol–water partition coefficient (Wildman–Crippen LogP) is 3.18. The minimum absolute atomic E-state index is 0.111. The topological polar surface area (TPSA) is 73.5 Å². The Balaban J connectivity index is 1.56. The van der Waals surface area contributed by atoms with Crippen LogP contribution in [0.3, 0.4) is 0 Å². The molecule has 0 aromatic heterocycles. The van der Waals surface area contributed by atoms with Crippen LogP contribution in [0.15, 0.2) is 24.3 Å². The normalized spacial score (nSPS) is 21.3. The van der Waals surface area contributed by atoms with E-state index in [2.05, 4.69) is 44.5 Å². The highest BCUT2D eigenvalue weighted by molar-refractivity contribution is 8.00. The number of rotatable bonds is 9. The molecule has 0 spiro atoms. The maximum absolute atomic E-state index is 12.7. The third kappa shape index (κ3) is 7.32. The first-order valence-electron chi connectivity index (χ1n) is 11.3. The highest BCUT2D eigenvalue weighted by Crippen LogP contribution is 2.34. The minimum Gasteiger partial charge on any atom is -0.378 e. The van der Waals surface area contributed by atoms with E-state index in [9.17, 15) is 9.59 Å². The lowest BCUT2D eigenvalue weighted by atomic mass is 9.85. The summed E-state index contributed by atoms with van der Waals surface area (Å²) in [7, 11) is 4.10. The van der Waals surface area contributed by atoms with E-state index in [1.165, 1.54) is 43.4 Å². The molecule has 0 radical (unpaired) electrons. The predicted molar refractivity (Wildman–Crippen MR) is 132 cm³/mol. The van der Waals surface area contributed by atoms with E-state index in [1.807, 2.05) is 14.1 Å². The molecule has 2 fully saturated rings. The maximum Gasteiger partial charge on any atom is 0.252 e. The van der Waals surface area contributed by atoms with Gasteiger partial charge in [-0.3, -0.25) is 19.6 Å². The molecule has 1 heterocycles. The monoisotopic (exact) mass is 464 g/mol. The van der Waals surface area contributed by atoms with Crippen molar-refractivity contribution >= 4 is 41.2 Å². The number of thioether (sulfide) groups is 1. The molecule has 3 rings (SSSR count). The number of benzene rings is 1. The van der Waals surface area contributed by atoms with E-state index in [0.29, 0.717) is 11.2 Å². The number of hydrogen-bond acceptors (Lipinski definition) is 6. The molecule has 2 amide bonds. The first-order valence-corrected chi connectivity index (χ1v) is 13.2. The van der Waals surface area contributed by atoms with E-state index in [-0.39, 0.29) is 17.2 Å². The average Bonchev–Trinajstić information content (AvgIpc) is 3.32. The molecule has 1 aliphatic heterocycles. The van der Waals surface area contributed by atoms with Crippen molar-refractivity contribution in [2.75, 3.05) is 31.3 Å². The number of carbonyl (C=O) groups is 2. The Morgan fingerprint density at radius 1 is 1.19 bits per heavy atom. The Labute approximate surface area is 195 Å². The lowest BCUT2D eigenvalue weighted by molar-refractivity contribution is -0.127. The third-order valence-corrected chi connectivity index (χ3v) is 8.41. The van der Waals surface area contributed by atoms with Crippen molar-refractivity contribution in [2.24, 2.45) is 5.92 Å². The SMILES string of the molecule is C[C@@H](NC(=O)[C@H]1NCCS1)C(=O)NSC(Cc1ccc(N(C)C)cc1)C1CCCCC1. The summed E-state index contributed by atoms with van der Waals surface area (Å²) in [5.41, 5.74) is 2.49. The quantitative estimate of drug-likeness (QED) is 0.488. The second kappa shape index (κ2) is 12.0. The van der Waals surface area contributed by atoms with E-state index in [1.54, 1.807) is 30.6 Å². The molecule has 0 bridgehead atoms. The van der Waals surface area contributed by atoms with Gasteiger partial charge in [0.1, 0.15) is 11.4 Å². The molecule has 1 aromatic carbocycles. The Morgan fingerprint density at radius 2 is 1.90 bits per heavy atom. The van der Waals surface area contributed by atoms with Gasteiger partial charge in [0.2, 0.25) is 5.91 Å². The van der Waals surface area contributed by atoms with Crippen molar-refractivity contribution in [1.29, 1.82) is 0 Å². The summed E-state index contributed by atoms with van der Waals surface area (Å²) in [5.74, 6) is 1.29. The van der Waals surface area contributed by atoms with Gasteiger partial charge in [0, 0.05) is 37.3 Å². The molecule has 172 valence electrons. The second-order valence-corrected chi connectivity index (χ2v) is 11.0. The summed E-state index contributed by atoms with van der Waals surface area (Å²) in [6.45, 7) is 2.58. The number of hydrogen-bond donors (Lipinski definition) is 3. The van der Waals surface area contributed by atoms with E-state index < -0.39 is 6.04 Å². The standard InChI is InChI=1S/C23H36N4O2S2/c1-16(25-22(29)23-24-13-14-30-23)21(28)26-31-20(18-7-5-4-6-8-18)15-17-9-11-19(12-10-17)27(2)3/h9-12,16,18,20,23-24H,4-8,13-15H2,1-3H3,(H,25,29)(H,26,28)/t16-,20?,23+/m1/s1. The van der Waals surface area contributed by atoms with Crippen LogP contribution in [0.2, 0.25) is 0 Å². The zero-order valence-corrected chi connectivity index (χ0v) is 20.5. The molecule has 2 aliphatic rings. The van der Waals surface area contributed by atoms with Crippen molar-refractivity contribution in [3.05, 3.63) is 29.8 Å². The van der Waals surface area contributed by atoms with E-state index >= 15 is 0 Å². The maximum atomic E-state index is 12.7. The summed E-state index contributed by atoms with van der Waals surface area (Å²) in [6, 6.07) is 8.16. The summed E-state index contributed by atoms with van der Waals surface area (Å²) in [4.78, 5) is 27.1.